The number of halogens is 4. The lowest BCUT2D eigenvalue weighted by Gasteiger charge is -2.19. The zero-order valence-corrected chi connectivity index (χ0v) is 15.6. The van der Waals surface area contributed by atoms with Crippen molar-refractivity contribution in [3.05, 3.63) is 50.9 Å². The third-order valence-electron chi connectivity index (χ3n) is 3.66. The molecule has 0 saturated carbocycles. The lowest BCUT2D eigenvalue weighted by atomic mass is 9.96. The van der Waals surface area contributed by atoms with Crippen LogP contribution in [-0.2, 0) is 22.3 Å². The van der Waals surface area contributed by atoms with Crippen molar-refractivity contribution >= 4 is 41.5 Å². The summed E-state index contributed by atoms with van der Waals surface area (Å²) in [5.41, 5.74) is -0.741. The minimum atomic E-state index is -4.57. The molecule has 1 aromatic carbocycles. The van der Waals surface area contributed by atoms with Gasteiger partial charge in [-0.15, -0.1) is 11.3 Å². The summed E-state index contributed by atoms with van der Waals surface area (Å²) >= 11 is 11.2. The molecule has 0 aliphatic carbocycles. The van der Waals surface area contributed by atoms with E-state index in [1.165, 1.54) is 17.4 Å². The van der Waals surface area contributed by atoms with Crippen molar-refractivity contribution in [1.29, 1.82) is 0 Å². The number of carbonyl (C=O) groups excluding carboxylic acids is 1. The van der Waals surface area contributed by atoms with Gasteiger partial charge in [-0.1, -0.05) is 24.6 Å². The van der Waals surface area contributed by atoms with Crippen molar-refractivity contribution in [3.8, 4) is 0 Å². The molecule has 0 saturated heterocycles. The van der Waals surface area contributed by atoms with Crippen LogP contribution in [0.1, 0.15) is 29.0 Å². The minimum Gasteiger partial charge on any atom is -0.461 e. The Kier molecular flexibility index (Phi) is 6.76. The maximum absolute atomic E-state index is 12.9. The van der Waals surface area contributed by atoms with Crippen molar-refractivity contribution in [2.75, 3.05) is 5.75 Å². The van der Waals surface area contributed by atoms with Crippen LogP contribution in [0.25, 0.3) is 0 Å². The van der Waals surface area contributed by atoms with Crippen molar-refractivity contribution < 1.29 is 22.7 Å². The summed E-state index contributed by atoms with van der Waals surface area (Å²) in [5.74, 6) is -1.01. The number of thiazole rings is 1. The maximum Gasteiger partial charge on any atom is 0.417 e. The Labute approximate surface area is 157 Å². The molecule has 1 heterocycles. The first-order valence-corrected chi connectivity index (χ1v) is 9.15. The highest BCUT2D eigenvalue weighted by Crippen LogP contribution is 2.35. The van der Waals surface area contributed by atoms with Crippen molar-refractivity contribution in [2.45, 2.75) is 25.6 Å². The Morgan fingerprint density at radius 2 is 2.16 bits per heavy atom. The molecule has 9 heteroatoms. The van der Waals surface area contributed by atoms with Crippen LogP contribution < -0.4 is 0 Å². The highest BCUT2D eigenvalue weighted by molar-refractivity contribution is 7.80. The predicted molar refractivity (Wildman–Crippen MR) is 94.1 cm³/mol. The molecule has 0 N–H and O–H groups in total. The van der Waals surface area contributed by atoms with Gasteiger partial charge in [0.1, 0.15) is 6.61 Å². The fourth-order valence-corrected chi connectivity index (χ4v) is 3.66. The molecule has 0 bridgehead atoms. The molecule has 0 radical (unpaired) electrons. The summed E-state index contributed by atoms with van der Waals surface area (Å²) in [7, 11) is 0. The van der Waals surface area contributed by atoms with Crippen LogP contribution in [0.15, 0.2) is 29.8 Å². The lowest BCUT2D eigenvalue weighted by Crippen LogP contribution is -2.24. The molecule has 3 nitrogen and oxygen atoms in total. The molecule has 1 aromatic heterocycles. The van der Waals surface area contributed by atoms with Crippen LogP contribution in [-0.4, -0.2) is 16.7 Å². The summed E-state index contributed by atoms with van der Waals surface area (Å²) < 4.78 is 43.8. The second-order valence-electron chi connectivity index (χ2n) is 5.37. The summed E-state index contributed by atoms with van der Waals surface area (Å²) in [4.78, 5) is 16.5. The second-order valence-corrected chi connectivity index (χ2v) is 7.07. The van der Waals surface area contributed by atoms with Crippen LogP contribution >= 0.6 is 35.6 Å². The molecule has 0 aliphatic heterocycles. The van der Waals surface area contributed by atoms with E-state index in [1.807, 2.05) is 6.92 Å². The molecule has 2 unspecified atom stereocenters. The van der Waals surface area contributed by atoms with E-state index >= 15 is 0 Å². The minimum absolute atomic E-state index is 0.194. The number of alkyl halides is 3. The Bertz CT molecular complexity index is 723. The Morgan fingerprint density at radius 1 is 1.44 bits per heavy atom. The van der Waals surface area contributed by atoms with Crippen LogP contribution in [0.5, 0.6) is 0 Å². The molecule has 0 fully saturated rings. The second kappa shape index (κ2) is 8.42. The first-order chi connectivity index (χ1) is 11.7. The van der Waals surface area contributed by atoms with Gasteiger partial charge in [0.25, 0.3) is 0 Å². The Balaban J connectivity index is 2.06. The van der Waals surface area contributed by atoms with E-state index in [0.717, 1.165) is 17.1 Å². The normalized spacial score (nSPS) is 14.2. The van der Waals surface area contributed by atoms with Gasteiger partial charge in [0.05, 0.1) is 21.5 Å². The number of nitrogens with zero attached hydrogens (tertiary/aromatic N) is 1. The van der Waals surface area contributed by atoms with Gasteiger partial charge in [0.2, 0.25) is 0 Å². The van der Waals surface area contributed by atoms with E-state index in [-0.39, 0.29) is 23.8 Å². The number of thiol groups is 1. The van der Waals surface area contributed by atoms with Gasteiger partial charge in [-0.2, -0.15) is 25.8 Å². The molecule has 25 heavy (non-hydrogen) atoms. The molecule has 2 atom stereocenters. The fraction of sp³-hybridized carbons (Fsp3) is 0.375. The smallest absolute Gasteiger partial charge is 0.417 e. The molecule has 0 spiro atoms. The number of hydrogen-bond donors (Lipinski definition) is 1. The topological polar surface area (TPSA) is 39.2 Å². The van der Waals surface area contributed by atoms with E-state index in [4.69, 9.17) is 16.3 Å². The summed E-state index contributed by atoms with van der Waals surface area (Å²) in [6, 6.07) is 3.42. The van der Waals surface area contributed by atoms with Crippen molar-refractivity contribution in [3.63, 3.8) is 0 Å². The SMILES string of the molecule is CC(c1nccs1)C(CS)C(=O)OCc1ccc(Cl)c(C(F)(F)F)c1. The predicted octanol–water partition coefficient (Wildman–Crippen LogP) is 5.21. The summed E-state index contributed by atoms with van der Waals surface area (Å²) in [6.45, 7) is 1.57. The number of benzene rings is 1. The first-order valence-electron chi connectivity index (χ1n) is 7.26. The highest BCUT2D eigenvalue weighted by Gasteiger charge is 2.33. The fourth-order valence-electron chi connectivity index (χ4n) is 2.21. The molecule has 0 amide bonds. The zero-order chi connectivity index (χ0) is 18.6. The lowest BCUT2D eigenvalue weighted by molar-refractivity contribution is -0.149. The molecule has 136 valence electrons. The number of rotatable bonds is 6. The summed E-state index contributed by atoms with van der Waals surface area (Å²) in [5, 5.41) is 2.19. The van der Waals surface area contributed by atoms with Gasteiger partial charge in [0.15, 0.2) is 0 Å². The molecular formula is C16H15ClF3NO2S2. The molecule has 0 aliphatic rings. The van der Waals surface area contributed by atoms with E-state index in [1.54, 1.807) is 11.6 Å². The van der Waals surface area contributed by atoms with E-state index in [2.05, 4.69) is 17.6 Å². The zero-order valence-electron chi connectivity index (χ0n) is 13.1. The number of hydrogen-bond acceptors (Lipinski definition) is 5. The average molecular weight is 410 g/mol. The largest absolute Gasteiger partial charge is 0.461 e. The van der Waals surface area contributed by atoms with Crippen molar-refractivity contribution in [1.82, 2.24) is 4.98 Å². The van der Waals surface area contributed by atoms with Crippen LogP contribution in [0.4, 0.5) is 13.2 Å². The number of carbonyl (C=O) groups is 1. The standard InChI is InChI=1S/C16H15ClF3NO2S2/c1-9(14-21-4-5-25-14)11(8-24)15(22)23-7-10-2-3-13(17)12(6-10)16(18,19)20/h2-6,9,11,24H,7-8H2,1H3. The van der Waals surface area contributed by atoms with Crippen LogP contribution in [0.2, 0.25) is 5.02 Å². The average Bonchev–Trinajstić information content (AvgIpc) is 3.08. The number of esters is 1. The molecule has 2 rings (SSSR count). The van der Waals surface area contributed by atoms with E-state index in [0.29, 0.717) is 0 Å². The van der Waals surface area contributed by atoms with E-state index in [9.17, 15) is 18.0 Å². The third kappa shape index (κ3) is 5.12. The maximum atomic E-state index is 12.9. The van der Waals surface area contributed by atoms with Gasteiger partial charge in [-0.3, -0.25) is 4.79 Å². The van der Waals surface area contributed by atoms with Gasteiger partial charge >= 0.3 is 12.1 Å². The van der Waals surface area contributed by atoms with Gasteiger partial charge in [-0.25, -0.2) is 4.98 Å². The number of aromatic nitrogens is 1. The van der Waals surface area contributed by atoms with Crippen molar-refractivity contribution in [2.24, 2.45) is 5.92 Å². The first kappa shape index (κ1) is 20.1. The Hall–Kier alpha value is -1.25. The monoisotopic (exact) mass is 409 g/mol. The summed E-state index contributed by atoms with van der Waals surface area (Å²) in [6.07, 6.45) is -2.92. The molecule has 2 aromatic rings. The number of ether oxygens (including phenoxy) is 1. The Morgan fingerprint density at radius 3 is 2.72 bits per heavy atom. The van der Waals surface area contributed by atoms with Gasteiger partial charge < -0.3 is 4.74 Å². The van der Waals surface area contributed by atoms with Gasteiger partial charge in [0, 0.05) is 23.2 Å². The van der Waals surface area contributed by atoms with Gasteiger partial charge in [-0.05, 0) is 17.7 Å². The quantitative estimate of drug-likeness (QED) is 0.526. The van der Waals surface area contributed by atoms with E-state index < -0.39 is 28.6 Å². The van der Waals surface area contributed by atoms with Crippen LogP contribution in [0.3, 0.4) is 0 Å². The highest BCUT2D eigenvalue weighted by atomic mass is 35.5. The van der Waals surface area contributed by atoms with Crippen LogP contribution in [0, 0.1) is 5.92 Å². The third-order valence-corrected chi connectivity index (χ3v) is 5.36. The molecular weight excluding hydrogens is 395 g/mol.